The number of hydrogen-bond donors (Lipinski definition) is 0. The lowest BCUT2D eigenvalue weighted by atomic mass is 9.98. The van der Waals surface area contributed by atoms with Crippen molar-refractivity contribution >= 4 is 5.91 Å². The van der Waals surface area contributed by atoms with E-state index in [0.717, 1.165) is 24.2 Å². The number of amides is 1. The van der Waals surface area contributed by atoms with Gasteiger partial charge in [0.05, 0.1) is 5.69 Å². The quantitative estimate of drug-likeness (QED) is 0.810. The zero-order chi connectivity index (χ0) is 16.1. The third kappa shape index (κ3) is 4.32. The van der Waals surface area contributed by atoms with Crippen LogP contribution in [-0.2, 0) is 17.9 Å². The van der Waals surface area contributed by atoms with Crippen molar-refractivity contribution < 1.29 is 4.79 Å². The van der Waals surface area contributed by atoms with Crippen LogP contribution >= 0.6 is 0 Å². The molecule has 0 N–H and O–H groups in total. The Hall–Kier alpha value is -1.36. The topological polar surface area (TPSA) is 41.4 Å². The first-order valence-electron chi connectivity index (χ1n) is 8.48. The van der Waals surface area contributed by atoms with Crippen LogP contribution < -0.4 is 0 Å². The van der Waals surface area contributed by atoms with Crippen LogP contribution in [0, 0.1) is 6.92 Å². The number of aromatic nitrogens is 2. The number of hydrogen-bond acceptors (Lipinski definition) is 3. The van der Waals surface area contributed by atoms with Crippen molar-refractivity contribution in [2.45, 2.75) is 65.1 Å². The summed E-state index contributed by atoms with van der Waals surface area (Å²) >= 11 is 0. The van der Waals surface area contributed by atoms with Crippen LogP contribution in [0.15, 0.2) is 6.20 Å². The fourth-order valence-electron chi connectivity index (χ4n) is 3.21. The molecule has 22 heavy (non-hydrogen) atoms. The van der Waals surface area contributed by atoms with Gasteiger partial charge in [-0.15, -0.1) is 0 Å². The lowest BCUT2D eigenvalue weighted by molar-refractivity contribution is -0.130. The Bertz CT molecular complexity index is 497. The Morgan fingerprint density at radius 2 is 2.23 bits per heavy atom. The van der Waals surface area contributed by atoms with Gasteiger partial charge in [-0.25, -0.2) is 0 Å². The molecule has 0 radical (unpaired) electrons. The van der Waals surface area contributed by atoms with E-state index in [1.54, 1.807) is 0 Å². The Kier molecular flexibility index (Phi) is 6.00. The van der Waals surface area contributed by atoms with Crippen molar-refractivity contribution in [3.8, 4) is 0 Å². The molecule has 0 spiro atoms. The standard InChI is InChI=1S/C17H30N4O/c1-5-21-13-15(14(2)18-21)12-20(4)17(22)10-9-16-8-6-7-11-19(16)3/h13,16H,5-12H2,1-4H3/t16-/m0/s1. The minimum atomic E-state index is 0.239. The highest BCUT2D eigenvalue weighted by Crippen LogP contribution is 2.19. The van der Waals surface area contributed by atoms with Crippen molar-refractivity contribution in [2.24, 2.45) is 0 Å². The molecule has 1 aromatic heterocycles. The Balaban J connectivity index is 1.82. The van der Waals surface area contributed by atoms with Crippen molar-refractivity contribution in [3.05, 3.63) is 17.5 Å². The maximum Gasteiger partial charge on any atom is 0.222 e. The molecule has 0 unspecified atom stereocenters. The lowest BCUT2D eigenvalue weighted by Crippen LogP contribution is -2.37. The fourth-order valence-corrected chi connectivity index (χ4v) is 3.21. The first kappa shape index (κ1) is 17.0. The number of rotatable bonds is 6. The van der Waals surface area contributed by atoms with Gasteiger partial charge in [0.25, 0.3) is 0 Å². The number of carbonyl (C=O) groups excluding carboxylic acids is 1. The molecule has 1 aliphatic heterocycles. The monoisotopic (exact) mass is 306 g/mol. The van der Waals surface area contributed by atoms with Gasteiger partial charge in [-0.1, -0.05) is 6.42 Å². The molecule has 5 nitrogen and oxygen atoms in total. The molecule has 5 heteroatoms. The maximum absolute atomic E-state index is 12.4. The van der Waals surface area contributed by atoms with E-state index in [0.29, 0.717) is 19.0 Å². The highest BCUT2D eigenvalue weighted by atomic mass is 16.2. The Morgan fingerprint density at radius 3 is 2.86 bits per heavy atom. The molecule has 1 amide bonds. The molecule has 1 aliphatic rings. The smallest absolute Gasteiger partial charge is 0.222 e. The summed E-state index contributed by atoms with van der Waals surface area (Å²) in [6.07, 6.45) is 7.50. The predicted molar refractivity (Wildman–Crippen MR) is 88.6 cm³/mol. The molecule has 0 saturated carbocycles. The van der Waals surface area contributed by atoms with E-state index >= 15 is 0 Å². The molecule has 124 valence electrons. The average Bonchev–Trinajstić information content (AvgIpc) is 2.86. The molecule has 2 heterocycles. The largest absolute Gasteiger partial charge is 0.341 e. The van der Waals surface area contributed by atoms with E-state index in [-0.39, 0.29) is 5.91 Å². The number of carbonyl (C=O) groups is 1. The second kappa shape index (κ2) is 7.77. The average molecular weight is 306 g/mol. The molecule has 0 bridgehead atoms. The van der Waals surface area contributed by atoms with E-state index in [1.165, 1.54) is 25.8 Å². The summed E-state index contributed by atoms with van der Waals surface area (Å²) in [5, 5.41) is 4.44. The van der Waals surface area contributed by atoms with E-state index in [4.69, 9.17) is 0 Å². The van der Waals surface area contributed by atoms with Gasteiger partial charge in [-0.05, 0) is 46.7 Å². The molecule has 2 rings (SSSR count). The van der Waals surface area contributed by atoms with Crippen LogP contribution in [0.5, 0.6) is 0 Å². The molecular weight excluding hydrogens is 276 g/mol. The van der Waals surface area contributed by atoms with Crippen molar-refractivity contribution in [1.29, 1.82) is 0 Å². The van der Waals surface area contributed by atoms with Gasteiger partial charge in [0.2, 0.25) is 5.91 Å². The second-order valence-electron chi connectivity index (χ2n) is 6.51. The fraction of sp³-hybridized carbons (Fsp3) is 0.765. The van der Waals surface area contributed by atoms with E-state index in [9.17, 15) is 4.79 Å². The van der Waals surface area contributed by atoms with Gasteiger partial charge < -0.3 is 9.80 Å². The third-order valence-electron chi connectivity index (χ3n) is 4.82. The Morgan fingerprint density at radius 1 is 1.45 bits per heavy atom. The summed E-state index contributed by atoms with van der Waals surface area (Å²) in [6, 6.07) is 0.579. The van der Waals surface area contributed by atoms with Crippen LogP contribution in [0.4, 0.5) is 0 Å². The van der Waals surface area contributed by atoms with Gasteiger partial charge in [0, 0.05) is 44.4 Å². The first-order chi connectivity index (χ1) is 10.5. The van der Waals surface area contributed by atoms with E-state index in [2.05, 4.69) is 24.0 Å². The lowest BCUT2D eigenvalue weighted by Gasteiger charge is -2.32. The van der Waals surface area contributed by atoms with Crippen LogP contribution in [-0.4, -0.2) is 52.2 Å². The van der Waals surface area contributed by atoms with E-state index in [1.807, 2.05) is 29.7 Å². The molecule has 1 atom stereocenters. The van der Waals surface area contributed by atoms with Crippen molar-refractivity contribution in [2.75, 3.05) is 20.6 Å². The van der Waals surface area contributed by atoms with Gasteiger partial charge in [0.1, 0.15) is 0 Å². The molecule has 1 saturated heterocycles. The summed E-state index contributed by atoms with van der Waals surface area (Å²) in [4.78, 5) is 16.6. The molecule has 0 aliphatic carbocycles. The van der Waals surface area contributed by atoms with Crippen molar-refractivity contribution in [3.63, 3.8) is 0 Å². The SMILES string of the molecule is CCn1cc(CN(C)C(=O)CC[C@@H]2CCCCN2C)c(C)n1. The van der Waals surface area contributed by atoms with Gasteiger partial charge in [0.15, 0.2) is 0 Å². The van der Waals surface area contributed by atoms with Gasteiger partial charge in [-0.2, -0.15) is 5.10 Å². The summed E-state index contributed by atoms with van der Waals surface area (Å²) in [5.74, 6) is 0.239. The Labute approximate surface area is 134 Å². The van der Waals surface area contributed by atoms with Gasteiger partial charge >= 0.3 is 0 Å². The summed E-state index contributed by atoms with van der Waals surface area (Å²) in [5.41, 5.74) is 2.17. The summed E-state index contributed by atoms with van der Waals surface area (Å²) in [7, 11) is 4.08. The van der Waals surface area contributed by atoms with Crippen LogP contribution in [0.2, 0.25) is 0 Å². The summed E-state index contributed by atoms with van der Waals surface area (Å²) in [6.45, 7) is 6.78. The predicted octanol–water partition coefficient (Wildman–Crippen LogP) is 2.43. The minimum Gasteiger partial charge on any atom is -0.341 e. The van der Waals surface area contributed by atoms with Crippen LogP contribution in [0.1, 0.15) is 50.3 Å². The molecule has 0 aromatic carbocycles. The normalized spacial score (nSPS) is 19.4. The highest BCUT2D eigenvalue weighted by Gasteiger charge is 2.21. The molecular formula is C17H30N4O. The highest BCUT2D eigenvalue weighted by molar-refractivity contribution is 5.75. The number of aryl methyl sites for hydroxylation is 2. The van der Waals surface area contributed by atoms with Crippen molar-refractivity contribution in [1.82, 2.24) is 19.6 Å². The number of nitrogens with zero attached hydrogens (tertiary/aromatic N) is 4. The number of piperidine rings is 1. The molecule has 1 fully saturated rings. The third-order valence-corrected chi connectivity index (χ3v) is 4.82. The summed E-state index contributed by atoms with van der Waals surface area (Å²) < 4.78 is 1.93. The van der Waals surface area contributed by atoms with E-state index < -0.39 is 0 Å². The number of likely N-dealkylation sites (tertiary alicyclic amines) is 1. The molecule has 1 aromatic rings. The zero-order valence-corrected chi connectivity index (χ0v) is 14.5. The zero-order valence-electron chi connectivity index (χ0n) is 14.5. The van der Waals surface area contributed by atoms with Gasteiger partial charge in [-0.3, -0.25) is 9.48 Å². The first-order valence-corrected chi connectivity index (χ1v) is 8.48. The second-order valence-corrected chi connectivity index (χ2v) is 6.51. The maximum atomic E-state index is 12.4. The van der Waals surface area contributed by atoms with Crippen LogP contribution in [0.25, 0.3) is 0 Å². The van der Waals surface area contributed by atoms with Crippen LogP contribution in [0.3, 0.4) is 0 Å². The minimum absolute atomic E-state index is 0.239.